The Kier molecular flexibility index (Phi) is 4.27. The third kappa shape index (κ3) is 2.45. The fourth-order valence-electron chi connectivity index (χ4n) is 3.29. The Bertz CT molecular complexity index is 1070. The standard InChI is InChI=1S/C18H18FN3O4/c1-9-12(17(24)26-4)13(10-7-5-6-8-11(10)19)14-15(20-9)21(2)18(25)22(3)16(14)23/h5-8,13,20H,1-4H3/t13-/m0/s1. The predicted octanol–water partition coefficient (Wildman–Crippen LogP) is 1.23. The lowest BCUT2D eigenvalue weighted by atomic mass is 9.82. The number of rotatable bonds is 2. The molecule has 0 amide bonds. The van der Waals surface area contributed by atoms with Gasteiger partial charge >= 0.3 is 11.7 Å². The van der Waals surface area contributed by atoms with Crippen LogP contribution in [0.15, 0.2) is 45.1 Å². The Hall–Kier alpha value is -3.16. The van der Waals surface area contributed by atoms with Crippen LogP contribution in [0.2, 0.25) is 0 Å². The Morgan fingerprint density at radius 2 is 1.85 bits per heavy atom. The summed E-state index contributed by atoms with van der Waals surface area (Å²) in [5, 5.41) is 2.93. The lowest BCUT2D eigenvalue weighted by molar-refractivity contribution is -0.136. The van der Waals surface area contributed by atoms with Crippen molar-refractivity contribution in [2.75, 3.05) is 12.4 Å². The maximum atomic E-state index is 14.6. The number of hydrogen-bond acceptors (Lipinski definition) is 5. The van der Waals surface area contributed by atoms with Gasteiger partial charge in [0.15, 0.2) is 0 Å². The molecular formula is C18H18FN3O4. The zero-order chi connectivity index (χ0) is 19.2. The highest BCUT2D eigenvalue weighted by Crippen LogP contribution is 2.40. The summed E-state index contributed by atoms with van der Waals surface area (Å²) in [5.74, 6) is -2.00. The zero-order valence-corrected chi connectivity index (χ0v) is 14.8. The van der Waals surface area contributed by atoms with Crippen LogP contribution in [0.3, 0.4) is 0 Å². The number of carbonyl (C=O) groups excluding carboxylic acids is 1. The monoisotopic (exact) mass is 359 g/mol. The van der Waals surface area contributed by atoms with E-state index in [4.69, 9.17) is 4.74 Å². The van der Waals surface area contributed by atoms with E-state index in [0.717, 1.165) is 4.57 Å². The Morgan fingerprint density at radius 3 is 2.46 bits per heavy atom. The molecule has 0 saturated heterocycles. The van der Waals surface area contributed by atoms with Gasteiger partial charge in [-0.05, 0) is 13.0 Å². The lowest BCUT2D eigenvalue weighted by Gasteiger charge is -2.30. The molecule has 26 heavy (non-hydrogen) atoms. The number of hydrogen-bond donors (Lipinski definition) is 1. The van der Waals surface area contributed by atoms with E-state index in [9.17, 15) is 18.8 Å². The first-order valence-electron chi connectivity index (χ1n) is 7.90. The Morgan fingerprint density at radius 1 is 1.19 bits per heavy atom. The molecule has 3 rings (SSSR count). The second-order valence-corrected chi connectivity index (χ2v) is 6.08. The van der Waals surface area contributed by atoms with E-state index < -0.39 is 29.0 Å². The van der Waals surface area contributed by atoms with E-state index in [0.29, 0.717) is 5.70 Å². The summed E-state index contributed by atoms with van der Waals surface area (Å²) >= 11 is 0. The van der Waals surface area contributed by atoms with Crippen molar-refractivity contribution in [3.63, 3.8) is 0 Å². The van der Waals surface area contributed by atoms with Crippen molar-refractivity contribution < 1.29 is 13.9 Å². The van der Waals surface area contributed by atoms with E-state index in [1.54, 1.807) is 13.0 Å². The number of nitrogens with one attached hydrogen (secondary N) is 1. The maximum Gasteiger partial charge on any atom is 0.336 e. The van der Waals surface area contributed by atoms with E-state index in [1.165, 1.54) is 44.0 Å². The number of halogens is 1. The molecule has 7 nitrogen and oxygen atoms in total. The molecule has 0 fully saturated rings. The van der Waals surface area contributed by atoms with Crippen molar-refractivity contribution in [2.24, 2.45) is 14.1 Å². The van der Waals surface area contributed by atoms with E-state index >= 15 is 0 Å². The molecule has 0 aliphatic carbocycles. The minimum atomic E-state index is -0.995. The average molecular weight is 359 g/mol. The van der Waals surface area contributed by atoms with Crippen molar-refractivity contribution in [1.82, 2.24) is 9.13 Å². The van der Waals surface area contributed by atoms with Crippen molar-refractivity contribution in [2.45, 2.75) is 12.8 Å². The van der Waals surface area contributed by atoms with Crippen molar-refractivity contribution in [3.8, 4) is 0 Å². The van der Waals surface area contributed by atoms with Gasteiger partial charge < -0.3 is 10.1 Å². The van der Waals surface area contributed by atoms with Crippen LogP contribution in [0.25, 0.3) is 0 Å². The molecule has 136 valence electrons. The van der Waals surface area contributed by atoms with Gasteiger partial charge in [0.1, 0.15) is 11.6 Å². The number of aromatic nitrogens is 2. The third-order valence-corrected chi connectivity index (χ3v) is 4.61. The summed E-state index contributed by atoms with van der Waals surface area (Å²) < 4.78 is 21.6. The number of methoxy groups -OCH3 is 1. The third-order valence-electron chi connectivity index (χ3n) is 4.61. The number of carbonyl (C=O) groups is 1. The number of fused-ring (bicyclic) bond motifs is 1. The van der Waals surface area contributed by atoms with Crippen molar-refractivity contribution in [3.05, 3.63) is 73.3 Å². The van der Waals surface area contributed by atoms with Gasteiger partial charge in [-0.3, -0.25) is 13.9 Å². The van der Waals surface area contributed by atoms with Crippen LogP contribution in [0.1, 0.15) is 24.0 Å². The van der Waals surface area contributed by atoms with Crippen LogP contribution in [0.4, 0.5) is 10.2 Å². The minimum absolute atomic E-state index is 0.116. The second-order valence-electron chi connectivity index (χ2n) is 6.08. The summed E-state index contributed by atoms with van der Waals surface area (Å²) in [6, 6.07) is 5.91. The van der Waals surface area contributed by atoms with E-state index in [2.05, 4.69) is 5.32 Å². The van der Waals surface area contributed by atoms with Crippen LogP contribution >= 0.6 is 0 Å². The molecule has 8 heteroatoms. The average Bonchev–Trinajstić information content (AvgIpc) is 2.63. The molecule has 0 unspecified atom stereocenters. The molecule has 1 aromatic carbocycles. The fraction of sp³-hybridized carbons (Fsp3) is 0.278. The second kappa shape index (κ2) is 6.29. The summed E-state index contributed by atoms with van der Waals surface area (Å²) in [4.78, 5) is 37.5. The smallest absolute Gasteiger partial charge is 0.336 e. The molecule has 0 radical (unpaired) electrons. The molecule has 1 aliphatic heterocycles. The predicted molar refractivity (Wildman–Crippen MR) is 93.5 cm³/mol. The van der Waals surface area contributed by atoms with E-state index in [-0.39, 0.29) is 22.5 Å². The fourth-order valence-corrected chi connectivity index (χ4v) is 3.29. The lowest BCUT2D eigenvalue weighted by Crippen LogP contribution is -2.43. The topological polar surface area (TPSA) is 82.3 Å². The molecule has 0 saturated carbocycles. The zero-order valence-electron chi connectivity index (χ0n) is 14.8. The molecule has 0 bridgehead atoms. The number of nitrogens with zero attached hydrogens (tertiary/aromatic N) is 2. The van der Waals surface area contributed by atoms with Gasteiger partial charge in [-0.2, -0.15) is 0 Å². The normalized spacial score (nSPS) is 16.1. The molecular weight excluding hydrogens is 341 g/mol. The molecule has 1 N–H and O–H groups in total. The number of anilines is 1. The summed E-state index contributed by atoms with van der Waals surface area (Å²) in [6.45, 7) is 1.62. The van der Waals surface area contributed by atoms with Gasteiger partial charge in [0.2, 0.25) is 0 Å². The molecule has 2 aromatic rings. The van der Waals surface area contributed by atoms with Crippen molar-refractivity contribution in [1.29, 1.82) is 0 Å². The Labute approximate surface area is 148 Å². The number of ether oxygens (including phenoxy) is 1. The molecule has 1 aliphatic rings. The maximum absolute atomic E-state index is 14.6. The van der Waals surface area contributed by atoms with Gasteiger partial charge in [0, 0.05) is 25.4 Å². The van der Waals surface area contributed by atoms with E-state index in [1.807, 2.05) is 0 Å². The van der Waals surface area contributed by atoms with Crippen molar-refractivity contribution >= 4 is 11.8 Å². The molecule has 1 atom stereocenters. The highest BCUT2D eigenvalue weighted by Gasteiger charge is 2.38. The quantitative estimate of drug-likeness (QED) is 0.816. The Balaban J connectivity index is 2.46. The SMILES string of the molecule is COC(=O)C1=C(C)Nc2c(c(=O)n(C)c(=O)n2C)[C@H]1c1ccccc1F. The molecule has 0 spiro atoms. The van der Waals surface area contributed by atoms with Gasteiger partial charge in [-0.25, -0.2) is 14.0 Å². The van der Waals surface area contributed by atoms with Crippen LogP contribution in [0.5, 0.6) is 0 Å². The number of esters is 1. The first kappa shape index (κ1) is 17.7. The van der Waals surface area contributed by atoms with Crippen LogP contribution in [0, 0.1) is 5.82 Å². The summed E-state index contributed by atoms with van der Waals surface area (Å²) in [5.41, 5.74) is -0.334. The number of allylic oxidation sites excluding steroid dienone is 1. The largest absolute Gasteiger partial charge is 0.466 e. The first-order valence-corrected chi connectivity index (χ1v) is 7.90. The van der Waals surface area contributed by atoms with Gasteiger partial charge in [0.25, 0.3) is 5.56 Å². The van der Waals surface area contributed by atoms with Crippen LogP contribution < -0.4 is 16.6 Å². The molecule has 1 aromatic heterocycles. The van der Waals surface area contributed by atoms with Gasteiger partial charge in [0.05, 0.1) is 24.2 Å². The number of benzene rings is 1. The van der Waals surface area contributed by atoms with Gasteiger partial charge in [-0.15, -0.1) is 0 Å². The van der Waals surface area contributed by atoms with Crippen LogP contribution in [-0.2, 0) is 23.6 Å². The summed E-state index contributed by atoms with van der Waals surface area (Å²) in [7, 11) is 4.06. The van der Waals surface area contributed by atoms with Gasteiger partial charge in [-0.1, -0.05) is 18.2 Å². The van der Waals surface area contributed by atoms with Crippen LogP contribution in [-0.4, -0.2) is 22.2 Å². The minimum Gasteiger partial charge on any atom is -0.466 e. The first-order chi connectivity index (χ1) is 12.3. The highest BCUT2D eigenvalue weighted by molar-refractivity contribution is 5.94. The highest BCUT2D eigenvalue weighted by atomic mass is 19.1. The molecule has 2 heterocycles. The summed E-state index contributed by atoms with van der Waals surface area (Å²) in [6.07, 6.45) is 0.